The van der Waals surface area contributed by atoms with Crippen LogP contribution in [0.3, 0.4) is 0 Å². The van der Waals surface area contributed by atoms with E-state index in [2.05, 4.69) is 18.7 Å². The van der Waals surface area contributed by atoms with Gasteiger partial charge in [0.25, 0.3) is 0 Å². The summed E-state index contributed by atoms with van der Waals surface area (Å²) in [5, 5.41) is 0.705. The van der Waals surface area contributed by atoms with Crippen molar-refractivity contribution in [3.05, 3.63) is 76.8 Å². The van der Waals surface area contributed by atoms with Crippen LogP contribution in [0.25, 0.3) is 6.08 Å². The average Bonchev–Trinajstić information content (AvgIpc) is 2.67. The lowest BCUT2D eigenvalue weighted by molar-refractivity contribution is -0.144. The summed E-state index contributed by atoms with van der Waals surface area (Å²) in [5.74, 6) is -0.249. The molecule has 0 aliphatic rings. The van der Waals surface area contributed by atoms with Gasteiger partial charge >= 0.3 is 5.97 Å². The summed E-state index contributed by atoms with van der Waals surface area (Å²) >= 11 is 6.00. The SMILES string of the molecule is C=Cc1ccc([C@@H](Cc2ccc(Cl)cc2)[C@@H](CC(=O)OC)OCC)cc1. The second kappa shape index (κ2) is 10.1. The molecule has 0 spiro atoms. The summed E-state index contributed by atoms with van der Waals surface area (Å²) in [6, 6.07) is 16.0. The summed E-state index contributed by atoms with van der Waals surface area (Å²) in [7, 11) is 1.40. The minimum Gasteiger partial charge on any atom is -0.469 e. The van der Waals surface area contributed by atoms with Gasteiger partial charge in [-0.15, -0.1) is 0 Å². The van der Waals surface area contributed by atoms with E-state index in [4.69, 9.17) is 21.1 Å². The first-order chi connectivity index (χ1) is 12.6. The van der Waals surface area contributed by atoms with Crippen LogP contribution in [0.1, 0.15) is 36.0 Å². The number of carbonyl (C=O) groups excluding carboxylic acids is 1. The zero-order chi connectivity index (χ0) is 18.9. The van der Waals surface area contributed by atoms with Gasteiger partial charge in [-0.25, -0.2) is 0 Å². The van der Waals surface area contributed by atoms with Gasteiger partial charge < -0.3 is 9.47 Å². The molecule has 0 fully saturated rings. The van der Waals surface area contributed by atoms with E-state index in [0.717, 1.165) is 23.1 Å². The quantitative estimate of drug-likeness (QED) is 0.562. The van der Waals surface area contributed by atoms with E-state index in [1.807, 2.05) is 49.4 Å². The predicted molar refractivity (Wildman–Crippen MR) is 106 cm³/mol. The highest BCUT2D eigenvalue weighted by Gasteiger charge is 2.27. The second-order valence-electron chi connectivity index (χ2n) is 6.08. The highest BCUT2D eigenvalue weighted by atomic mass is 35.5. The molecular weight excluding hydrogens is 348 g/mol. The fraction of sp³-hybridized carbons (Fsp3) is 0.318. The maximum atomic E-state index is 11.9. The number of methoxy groups -OCH3 is 1. The van der Waals surface area contributed by atoms with Gasteiger partial charge in [0.05, 0.1) is 19.6 Å². The third-order valence-corrected chi connectivity index (χ3v) is 4.65. The van der Waals surface area contributed by atoms with Crippen LogP contribution in [0.15, 0.2) is 55.1 Å². The average molecular weight is 373 g/mol. The molecule has 0 unspecified atom stereocenters. The third-order valence-electron chi connectivity index (χ3n) is 4.39. The van der Waals surface area contributed by atoms with Gasteiger partial charge in [-0.2, -0.15) is 0 Å². The second-order valence-corrected chi connectivity index (χ2v) is 6.52. The van der Waals surface area contributed by atoms with Crippen LogP contribution >= 0.6 is 11.6 Å². The molecule has 0 bridgehead atoms. The van der Waals surface area contributed by atoms with E-state index in [9.17, 15) is 4.79 Å². The van der Waals surface area contributed by atoms with Gasteiger partial charge in [-0.05, 0) is 42.2 Å². The molecule has 0 saturated carbocycles. The van der Waals surface area contributed by atoms with Crippen molar-refractivity contribution in [2.24, 2.45) is 0 Å². The lowest BCUT2D eigenvalue weighted by atomic mass is 9.85. The zero-order valence-electron chi connectivity index (χ0n) is 15.3. The lowest BCUT2D eigenvalue weighted by Crippen LogP contribution is -2.28. The Kier molecular flexibility index (Phi) is 7.89. The zero-order valence-corrected chi connectivity index (χ0v) is 16.0. The minimum atomic E-state index is -0.271. The summed E-state index contributed by atoms with van der Waals surface area (Å²) in [6.45, 7) is 6.26. The number of rotatable bonds is 9. The molecule has 0 heterocycles. The van der Waals surface area contributed by atoms with Crippen molar-refractivity contribution in [2.45, 2.75) is 31.8 Å². The molecule has 0 aromatic heterocycles. The number of esters is 1. The first-order valence-corrected chi connectivity index (χ1v) is 9.10. The van der Waals surface area contributed by atoms with Crippen LogP contribution in [0.2, 0.25) is 5.02 Å². The van der Waals surface area contributed by atoms with Crippen LogP contribution in [0, 0.1) is 0 Å². The lowest BCUT2D eigenvalue weighted by Gasteiger charge is -2.27. The molecule has 0 N–H and O–H groups in total. The van der Waals surface area contributed by atoms with Crippen molar-refractivity contribution < 1.29 is 14.3 Å². The van der Waals surface area contributed by atoms with Gasteiger partial charge in [-0.3, -0.25) is 4.79 Å². The highest BCUT2D eigenvalue weighted by Crippen LogP contribution is 2.29. The molecule has 4 heteroatoms. The van der Waals surface area contributed by atoms with E-state index < -0.39 is 0 Å². The number of ether oxygens (including phenoxy) is 2. The van der Waals surface area contributed by atoms with Crippen LogP contribution in [0.4, 0.5) is 0 Å². The van der Waals surface area contributed by atoms with Crippen LogP contribution in [-0.4, -0.2) is 25.8 Å². The number of carbonyl (C=O) groups is 1. The predicted octanol–water partition coefficient (Wildman–Crippen LogP) is 5.28. The molecule has 2 atom stereocenters. The molecule has 0 radical (unpaired) electrons. The Hall–Kier alpha value is -2.10. The molecule has 26 heavy (non-hydrogen) atoms. The summed E-state index contributed by atoms with van der Waals surface area (Å²) < 4.78 is 10.8. The Morgan fingerprint density at radius 2 is 1.81 bits per heavy atom. The number of benzene rings is 2. The minimum absolute atomic E-state index is 0.0223. The Labute approximate surface area is 160 Å². The topological polar surface area (TPSA) is 35.5 Å². The van der Waals surface area contributed by atoms with Gasteiger partial charge in [0.2, 0.25) is 0 Å². The maximum Gasteiger partial charge on any atom is 0.308 e. The maximum absolute atomic E-state index is 11.9. The Morgan fingerprint density at radius 3 is 2.35 bits per heavy atom. The van der Waals surface area contributed by atoms with Crippen LogP contribution in [-0.2, 0) is 20.7 Å². The van der Waals surface area contributed by atoms with E-state index in [0.29, 0.717) is 11.6 Å². The molecule has 138 valence electrons. The molecular formula is C22H25ClO3. The Bertz CT molecular complexity index is 707. The van der Waals surface area contributed by atoms with Crippen molar-refractivity contribution in [1.29, 1.82) is 0 Å². The Morgan fingerprint density at radius 1 is 1.15 bits per heavy atom. The molecule has 0 aliphatic heterocycles. The molecule has 0 saturated heterocycles. The first kappa shape index (κ1) is 20.2. The fourth-order valence-electron chi connectivity index (χ4n) is 3.00. The largest absolute Gasteiger partial charge is 0.469 e. The van der Waals surface area contributed by atoms with Gasteiger partial charge in [0.15, 0.2) is 0 Å². The van der Waals surface area contributed by atoms with E-state index in [-0.39, 0.29) is 24.4 Å². The highest BCUT2D eigenvalue weighted by molar-refractivity contribution is 6.30. The molecule has 2 aromatic rings. The van der Waals surface area contributed by atoms with Gasteiger partial charge in [0, 0.05) is 17.5 Å². The molecule has 0 aliphatic carbocycles. The van der Waals surface area contributed by atoms with E-state index >= 15 is 0 Å². The van der Waals surface area contributed by atoms with Crippen LogP contribution < -0.4 is 0 Å². The van der Waals surface area contributed by atoms with E-state index in [1.54, 1.807) is 0 Å². The molecule has 3 nitrogen and oxygen atoms in total. The summed E-state index contributed by atoms with van der Waals surface area (Å²) in [6.07, 6.45) is 2.50. The van der Waals surface area contributed by atoms with E-state index in [1.165, 1.54) is 7.11 Å². The molecule has 2 aromatic carbocycles. The number of hydrogen-bond acceptors (Lipinski definition) is 3. The van der Waals surface area contributed by atoms with Gasteiger partial charge in [-0.1, -0.05) is 60.7 Å². The standard InChI is InChI=1S/C22H25ClO3/c1-4-16-6-10-18(11-7-16)20(14-17-8-12-19(23)13-9-17)21(26-5-2)15-22(24)25-3/h4,6-13,20-21H,1,5,14-15H2,2-3H3/t20-,21-/m1/s1. The molecule has 0 amide bonds. The monoisotopic (exact) mass is 372 g/mol. The third kappa shape index (κ3) is 5.72. The summed E-state index contributed by atoms with van der Waals surface area (Å²) in [5.41, 5.74) is 3.31. The van der Waals surface area contributed by atoms with Crippen molar-refractivity contribution in [2.75, 3.05) is 13.7 Å². The van der Waals surface area contributed by atoms with Crippen molar-refractivity contribution in [3.63, 3.8) is 0 Å². The normalized spacial score (nSPS) is 13.0. The Balaban J connectivity index is 2.34. The molecule has 2 rings (SSSR count). The summed E-state index contributed by atoms with van der Waals surface area (Å²) in [4.78, 5) is 11.9. The smallest absolute Gasteiger partial charge is 0.308 e. The van der Waals surface area contributed by atoms with Crippen molar-refractivity contribution in [1.82, 2.24) is 0 Å². The number of halogens is 1. The first-order valence-electron chi connectivity index (χ1n) is 8.72. The van der Waals surface area contributed by atoms with Crippen molar-refractivity contribution in [3.8, 4) is 0 Å². The number of hydrogen-bond donors (Lipinski definition) is 0. The van der Waals surface area contributed by atoms with Crippen molar-refractivity contribution >= 4 is 23.6 Å². The van der Waals surface area contributed by atoms with Crippen LogP contribution in [0.5, 0.6) is 0 Å². The van der Waals surface area contributed by atoms with Gasteiger partial charge in [0.1, 0.15) is 0 Å². The fourth-order valence-corrected chi connectivity index (χ4v) is 3.12.